The molecule has 2 N–H and O–H groups in total. The number of anilines is 1. The summed E-state index contributed by atoms with van der Waals surface area (Å²) in [5, 5.41) is 11.0. The molecule has 1 aliphatic carbocycles. The first-order valence-corrected chi connectivity index (χ1v) is 6.65. The van der Waals surface area contributed by atoms with E-state index >= 15 is 0 Å². The maximum Gasteiger partial charge on any atom is 0.0825 e. The Bertz CT molecular complexity index is 373. The highest BCUT2D eigenvalue weighted by Crippen LogP contribution is 2.39. The van der Waals surface area contributed by atoms with E-state index in [9.17, 15) is 0 Å². The molecule has 0 amide bonds. The summed E-state index contributed by atoms with van der Waals surface area (Å²) >= 11 is 0. The normalized spacial score (nSPS) is 28.1. The van der Waals surface area contributed by atoms with Crippen molar-refractivity contribution in [2.75, 3.05) is 5.32 Å². The minimum atomic E-state index is 0.459. The number of rotatable bonds is 2. The Labute approximate surface area is 104 Å². The van der Waals surface area contributed by atoms with Crippen LogP contribution in [0.5, 0.6) is 0 Å². The predicted molar refractivity (Wildman–Crippen MR) is 72.3 cm³/mol. The second kappa shape index (κ2) is 4.35. The number of hydrogen-bond acceptors (Lipinski definition) is 2. The number of nitrogens with one attached hydrogen (secondary N) is 2. The molecule has 2 rings (SSSR count). The van der Waals surface area contributed by atoms with Crippen molar-refractivity contribution >= 4 is 5.69 Å². The minimum Gasteiger partial charge on any atom is -0.379 e. The van der Waals surface area contributed by atoms with Gasteiger partial charge in [-0.3, -0.25) is 5.10 Å². The molecule has 2 atom stereocenters. The van der Waals surface area contributed by atoms with E-state index < -0.39 is 0 Å². The Hall–Kier alpha value is -0.990. The van der Waals surface area contributed by atoms with Crippen LogP contribution in [0, 0.1) is 25.2 Å². The standard InChI is InChI=1S/C14H25N3/c1-9-6-12(8-14(4,5)7-9)15-13-10(2)16-17-11(13)3/h9,12,15H,6-8H2,1-5H3,(H,16,17). The van der Waals surface area contributed by atoms with Crippen LogP contribution in [0.25, 0.3) is 0 Å². The first kappa shape index (κ1) is 12.5. The average molecular weight is 235 g/mol. The fourth-order valence-corrected chi connectivity index (χ4v) is 3.42. The second-order valence-electron chi connectivity index (χ2n) is 6.56. The molecule has 2 unspecified atom stereocenters. The van der Waals surface area contributed by atoms with Gasteiger partial charge in [-0.1, -0.05) is 20.8 Å². The lowest BCUT2D eigenvalue weighted by Gasteiger charge is -2.39. The molecule has 0 aliphatic heterocycles. The Kier molecular flexibility index (Phi) is 3.19. The molecule has 0 radical (unpaired) electrons. The van der Waals surface area contributed by atoms with Gasteiger partial charge in [0.1, 0.15) is 0 Å². The van der Waals surface area contributed by atoms with E-state index in [0.717, 1.165) is 17.3 Å². The zero-order valence-electron chi connectivity index (χ0n) is 11.7. The monoisotopic (exact) mass is 235 g/mol. The first-order chi connectivity index (χ1) is 7.87. The van der Waals surface area contributed by atoms with Crippen molar-refractivity contribution in [1.29, 1.82) is 0 Å². The van der Waals surface area contributed by atoms with Crippen LogP contribution in [0.1, 0.15) is 51.4 Å². The Morgan fingerprint density at radius 2 is 2.00 bits per heavy atom. The van der Waals surface area contributed by atoms with E-state index in [0.29, 0.717) is 11.5 Å². The lowest BCUT2D eigenvalue weighted by atomic mass is 9.70. The molecule has 1 aromatic rings. The molecular weight excluding hydrogens is 210 g/mol. The van der Waals surface area contributed by atoms with Gasteiger partial charge in [0, 0.05) is 6.04 Å². The van der Waals surface area contributed by atoms with Gasteiger partial charge >= 0.3 is 0 Å². The summed E-state index contributed by atoms with van der Waals surface area (Å²) in [6.07, 6.45) is 3.86. The zero-order chi connectivity index (χ0) is 12.6. The zero-order valence-corrected chi connectivity index (χ0v) is 11.7. The summed E-state index contributed by atoms with van der Waals surface area (Å²) in [7, 11) is 0. The summed E-state index contributed by atoms with van der Waals surface area (Å²) < 4.78 is 0. The molecule has 1 fully saturated rings. The Morgan fingerprint density at radius 1 is 1.29 bits per heavy atom. The molecule has 1 aliphatic rings. The highest BCUT2D eigenvalue weighted by Gasteiger charge is 2.32. The van der Waals surface area contributed by atoms with Crippen molar-refractivity contribution in [1.82, 2.24) is 10.2 Å². The third-order valence-corrected chi connectivity index (χ3v) is 3.86. The van der Waals surface area contributed by atoms with Crippen LogP contribution >= 0.6 is 0 Å². The summed E-state index contributed by atoms with van der Waals surface area (Å²) in [6, 6.07) is 0.587. The Morgan fingerprint density at radius 3 is 2.53 bits per heavy atom. The van der Waals surface area contributed by atoms with Gasteiger partial charge in [-0.2, -0.15) is 5.10 Å². The van der Waals surface area contributed by atoms with Crippen molar-refractivity contribution in [3.05, 3.63) is 11.4 Å². The van der Waals surface area contributed by atoms with E-state index in [1.165, 1.54) is 24.9 Å². The van der Waals surface area contributed by atoms with Crippen molar-refractivity contribution in [2.45, 2.75) is 59.9 Å². The van der Waals surface area contributed by atoms with Crippen LogP contribution < -0.4 is 5.32 Å². The maximum atomic E-state index is 4.25. The van der Waals surface area contributed by atoms with E-state index in [1.807, 2.05) is 0 Å². The lowest BCUT2D eigenvalue weighted by Crippen LogP contribution is -2.35. The van der Waals surface area contributed by atoms with E-state index in [4.69, 9.17) is 0 Å². The largest absolute Gasteiger partial charge is 0.379 e. The quantitative estimate of drug-likeness (QED) is 0.821. The first-order valence-electron chi connectivity index (χ1n) is 6.65. The van der Waals surface area contributed by atoms with Crippen LogP contribution in [0.15, 0.2) is 0 Å². The number of aromatic nitrogens is 2. The van der Waals surface area contributed by atoms with Gasteiger partial charge in [0.15, 0.2) is 0 Å². The molecule has 0 aromatic carbocycles. The maximum absolute atomic E-state index is 4.25. The number of aryl methyl sites for hydroxylation is 2. The van der Waals surface area contributed by atoms with Crippen molar-refractivity contribution < 1.29 is 0 Å². The highest BCUT2D eigenvalue weighted by molar-refractivity contribution is 5.52. The Balaban J connectivity index is 2.09. The predicted octanol–water partition coefficient (Wildman–Crippen LogP) is 3.65. The summed E-state index contributed by atoms with van der Waals surface area (Å²) in [5.41, 5.74) is 3.90. The van der Waals surface area contributed by atoms with Crippen molar-refractivity contribution in [3.8, 4) is 0 Å². The topological polar surface area (TPSA) is 40.7 Å². The van der Waals surface area contributed by atoms with Crippen LogP contribution in [0.3, 0.4) is 0 Å². The summed E-state index contributed by atoms with van der Waals surface area (Å²) in [5.74, 6) is 0.809. The molecule has 1 aromatic heterocycles. The smallest absolute Gasteiger partial charge is 0.0825 e. The number of H-pyrrole nitrogens is 1. The van der Waals surface area contributed by atoms with E-state index in [1.54, 1.807) is 0 Å². The van der Waals surface area contributed by atoms with Gasteiger partial charge in [0.25, 0.3) is 0 Å². The van der Waals surface area contributed by atoms with Crippen LogP contribution in [-0.4, -0.2) is 16.2 Å². The highest BCUT2D eigenvalue weighted by atomic mass is 15.2. The van der Waals surface area contributed by atoms with Crippen LogP contribution in [0.2, 0.25) is 0 Å². The average Bonchev–Trinajstić information content (AvgIpc) is 2.46. The molecule has 0 saturated heterocycles. The molecular formula is C14H25N3. The van der Waals surface area contributed by atoms with Crippen molar-refractivity contribution in [2.24, 2.45) is 11.3 Å². The van der Waals surface area contributed by atoms with Gasteiger partial charge in [0.05, 0.1) is 17.1 Å². The summed E-state index contributed by atoms with van der Waals surface area (Å²) in [4.78, 5) is 0. The minimum absolute atomic E-state index is 0.459. The third kappa shape index (κ3) is 2.82. The molecule has 0 bridgehead atoms. The SMILES string of the molecule is Cc1n[nH]c(C)c1NC1CC(C)CC(C)(C)C1. The second-order valence-corrected chi connectivity index (χ2v) is 6.56. The van der Waals surface area contributed by atoms with Gasteiger partial charge in [-0.25, -0.2) is 0 Å². The third-order valence-electron chi connectivity index (χ3n) is 3.86. The number of aromatic amines is 1. The molecule has 3 heteroatoms. The van der Waals surface area contributed by atoms with Gasteiger partial charge in [-0.15, -0.1) is 0 Å². The lowest BCUT2D eigenvalue weighted by molar-refractivity contribution is 0.178. The molecule has 96 valence electrons. The molecule has 0 spiro atoms. The summed E-state index contributed by atoms with van der Waals surface area (Å²) in [6.45, 7) is 11.3. The van der Waals surface area contributed by atoms with Gasteiger partial charge in [0.2, 0.25) is 0 Å². The van der Waals surface area contributed by atoms with Crippen LogP contribution in [0.4, 0.5) is 5.69 Å². The van der Waals surface area contributed by atoms with Crippen LogP contribution in [-0.2, 0) is 0 Å². The molecule has 1 saturated carbocycles. The van der Waals surface area contributed by atoms with E-state index in [2.05, 4.69) is 50.1 Å². The molecule has 17 heavy (non-hydrogen) atoms. The fraction of sp³-hybridized carbons (Fsp3) is 0.786. The molecule has 3 nitrogen and oxygen atoms in total. The fourth-order valence-electron chi connectivity index (χ4n) is 3.42. The molecule has 1 heterocycles. The van der Waals surface area contributed by atoms with Crippen molar-refractivity contribution in [3.63, 3.8) is 0 Å². The van der Waals surface area contributed by atoms with Gasteiger partial charge < -0.3 is 5.32 Å². The number of nitrogens with zero attached hydrogens (tertiary/aromatic N) is 1. The van der Waals surface area contributed by atoms with E-state index in [-0.39, 0.29) is 0 Å². The van der Waals surface area contributed by atoms with Gasteiger partial charge in [-0.05, 0) is 44.4 Å². The number of hydrogen-bond donors (Lipinski definition) is 2.